The third-order valence-corrected chi connectivity index (χ3v) is 3.44. The molecule has 6 heteroatoms. The Balaban J connectivity index is 2.03. The van der Waals surface area contributed by atoms with Crippen LogP contribution in [-0.4, -0.2) is 10.9 Å². The van der Waals surface area contributed by atoms with Gasteiger partial charge < -0.3 is 5.32 Å². The molecule has 18 heavy (non-hydrogen) atoms. The molecule has 0 atom stereocenters. The lowest BCUT2D eigenvalue weighted by Crippen LogP contribution is -2.23. The molecule has 1 aromatic heterocycles. The second-order valence-electron chi connectivity index (χ2n) is 3.69. The van der Waals surface area contributed by atoms with Crippen LogP contribution in [0, 0.1) is 12.7 Å². The van der Waals surface area contributed by atoms with E-state index < -0.39 is 11.7 Å². The summed E-state index contributed by atoms with van der Waals surface area (Å²) >= 11 is 7.07. The van der Waals surface area contributed by atoms with E-state index in [0.29, 0.717) is 6.54 Å². The van der Waals surface area contributed by atoms with Gasteiger partial charge in [-0.15, -0.1) is 11.3 Å². The molecule has 0 unspecified atom stereocenters. The molecular weight excluding hydrogens is 275 g/mol. The predicted octanol–water partition coefficient (Wildman–Crippen LogP) is 3.17. The molecule has 0 bridgehead atoms. The Kier molecular flexibility index (Phi) is 3.93. The number of amides is 1. The van der Waals surface area contributed by atoms with Crippen molar-refractivity contribution in [2.45, 2.75) is 13.5 Å². The Hall–Kier alpha value is -1.46. The number of nitrogens with zero attached hydrogens (tertiary/aromatic N) is 1. The summed E-state index contributed by atoms with van der Waals surface area (Å²) in [5.41, 5.74) is 0.884. The van der Waals surface area contributed by atoms with Crippen molar-refractivity contribution in [3.05, 3.63) is 50.7 Å². The molecule has 1 amide bonds. The number of carbonyl (C=O) groups excluding carboxylic acids is 1. The summed E-state index contributed by atoms with van der Waals surface area (Å²) in [7, 11) is 0. The van der Waals surface area contributed by atoms with E-state index in [2.05, 4.69) is 10.3 Å². The second kappa shape index (κ2) is 5.46. The SMILES string of the molecule is Cc1csc(CNC(=O)c2ccc(Cl)cc2F)n1. The molecule has 2 rings (SSSR count). The van der Waals surface area contributed by atoms with Gasteiger partial charge in [-0.3, -0.25) is 4.79 Å². The lowest BCUT2D eigenvalue weighted by Gasteiger charge is -2.04. The van der Waals surface area contributed by atoms with Crippen molar-refractivity contribution in [1.82, 2.24) is 10.3 Å². The number of hydrogen-bond donors (Lipinski definition) is 1. The van der Waals surface area contributed by atoms with Crippen molar-refractivity contribution >= 4 is 28.8 Å². The van der Waals surface area contributed by atoms with E-state index in [1.807, 2.05) is 12.3 Å². The van der Waals surface area contributed by atoms with E-state index >= 15 is 0 Å². The minimum atomic E-state index is -0.629. The maximum absolute atomic E-state index is 13.5. The van der Waals surface area contributed by atoms with Gasteiger partial charge in [-0.05, 0) is 25.1 Å². The molecule has 3 nitrogen and oxygen atoms in total. The Morgan fingerprint density at radius 2 is 2.33 bits per heavy atom. The summed E-state index contributed by atoms with van der Waals surface area (Å²) in [5.74, 6) is -1.10. The molecular formula is C12H10ClFN2OS. The lowest BCUT2D eigenvalue weighted by atomic mass is 10.2. The maximum Gasteiger partial charge on any atom is 0.254 e. The Morgan fingerprint density at radius 1 is 1.56 bits per heavy atom. The summed E-state index contributed by atoms with van der Waals surface area (Å²) in [6.45, 7) is 2.17. The zero-order chi connectivity index (χ0) is 13.1. The van der Waals surface area contributed by atoms with Gasteiger partial charge in [0.05, 0.1) is 12.1 Å². The number of thiazole rings is 1. The number of aryl methyl sites for hydroxylation is 1. The molecule has 94 valence electrons. The quantitative estimate of drug-likeness (QED) is 0.940. The molecule has 0 saturated carbocycles. The Bertz CT molecular complexity index is 585. The van der Waals surface area contributed by atoms with E-state index in [1.165, 1.54) is 23.5 Å². The third-order valence-electron chi connectivity index (χ3n) is 2.24. The van der Waals surface area contributed by atoms with Gasteiger partial charge >= 0.3 is 0 Å². The van der Waals surface area contributed by atoms with Gasteiger partial charge in [0.2, 0.25) is 0 Å². The monoisotopic (exact) mass is 284 g/mol. The highest BCUT2D eigenvalue weighted by Crippen LogP contribution is 2.15. The zero-order valence-corrected chi connectivity index (χ0v) is 11.1. The largest absolute Gasteiger partial charge is 0.345 e. The first-order chi connectivity index (χ1) is 8.56. The minimum absolute atomic E-state index is 0.0207. The van der Waals surface area contributed by atoms with E-state index in [-0.39, 0.29) is 10.6 Å². The average molecular weight is 285 g/mol. The molecule has 0 spiro atoms. The summed E-state index contributed by atoms with van der Waals surface area (Å²) in [5, 5.41) is 5.56. The summed E-state index contributed by atoms with van der Waals surface area (Å²) in [6, 6.07) is 3.96. The van der Waals surface area contributed by atoms with Gasteiger partial charge in [0.25, 0.3) is 5.91 Å². The summed E-state index contributed by atoms with van der Waals surface area (Å²) in [6.07, 6.45) is 0. The first kappa shape index (κ1) is 13.0. The highest BCUT2D eigenvalue weighted by Gasteiger charge is 2.12. The highest BCUT2D eigenvalue weighted by atomic mass is 35.5. The van der Waals surface area contributed by atoms with Crippen LogP contribution in [0.4, 0.5) is 4.39 Å². The molecule has 0 fully saturated rings. The predicted molar refractivity (Wildman–Crippen MR) is 69.4 cm³/mol. The maximum atomic E-state index is 13.5. The van der Waals surface area contributed by atoms with Crippen LogP contribution < -0.4 is 5.32 Å². The Morgan fingerprint density at radius 3 is 2.94 bits per heavy atom. The van der Waals surface area contributed by atoms with Crippen LogP contribution >= 0.6 is 22.9 Å². The second-order valence-corrected chi connectivity index (χ2v) is 5.07. The van der Waals surface area contributed by atoms with Gasteiger partial charge in [0.15, 0.2) is 0 Å². The van der Waals surface area contributed by atoms with Gasteiger partial charge in [-0.1, -0.05) is 11.6 Å². The van der Waals surface area contributed by atoms with Crippen molar-refractivity contribution in [2.24, 2.45) is 0 Å². The normalized spacial score (nSPS) is 10.4. The number of rotatable bonds is 3. The Labute approximate surface area is 113 Å². The van der Waals surface area contributed by atoms with Crippen molar-refractivity contribution in [3.8, 4) is 0 Å². The van der Waals surface area contributed by atoms with Crippen LogP contribution in [-0.2, 0) is 6.54 Å². The van der Waals surface area contributed by atoms with Crippen molar-refractivity contribution in [1.29, 1.82) is 0 Å². The van der Waals surface area contributed by atoms with Crippen LogP contribution in [0.1, 0.15) is 21.1 Å². The van der Waals surface area contributed by atoms with Crippen LogP contribution in [0.2, 0.25) is 5.02 Å². The molecule has 0 saturated heterocycles. The van der Waals surface area contributed by atoms with E-state index in [0.717, 1.165) is 16.8 Å². The number of benzene rings is 1. The van der Waals surface area contributed by atoms with Crippen molar-refractivity contribution in [3.63, 3.8) is 0 Å². The van der Waals surface area contributed by atoms with Gasteiger partial charge in [0, 0.05) is 16.1 Å². The summed E-state index contributed by atoms with van der Waals surface area (Å²) in [4.78, 5) is 15.9. The molecule has 1 heterocycles. The molecule has 0 aliphatic heterocycles. The summed E-state index contributed by atoms with van der Waals surface area (Å²) < 4.78 is 13.5. The molecule has 0 aliphatic rings. The fraction of sp³-hybridized carbons (Fsp3) is 0.167. The van der Waals surface area contributed by atoms with Crippen LogP contribution in [0.3, 0.4) is 0 Å². The molecule has 0 radical (unpaired) electrons. The average Bonchev–Trinajstić information content (AvgIpc) is 2.72. The van der Waals surface area contributed by atoms with Gasteiger partial charge in [-0.25, -0.2) is 9.37 Å². The number of aromatic nitrogens is 1. The van der Waals surface area contributed by atoms with E-state index in [4.69, 9.17) is 11.6 Å². The number of carbonyl (C=O) groups is 1. The first-order valence-corrected chi connectivity index (χ1v) is 6.46. The van der Waals surface area contributed by atoms with Crippen LogP contribution in [0.25, 0.3) is 0 Å². The zero-order valence-electron chi connectivity index (χ0n) is 9.54. The highest BCUT2D eigenvalue weighted by molar-refractivity contribution is 7.09. The van der Waals surface area contributed by atoms with Crippen molar-refractivity contribution in [2.75, 3.05) is 0 Å². The molecule has 1 aromatic carbocycles. The molecule has 2 aromatic rings. The minimum Gasteiger partial charge on any atom is -0.345 e. The third kappa shape index (κ3) is 3.05. The first-order valence-electron chi connectivity index (χ1n) is 5.20. The topological polar surface area (TPSA) is 42.0 Å². The lowest BCUT2D eigenvalue weighted by molar-refractivity contribution is 0.0947. The number of nitrogens with one attached hydrogen (secondary N) is 1. The fourth-order valence-corrected chi connectivity index (χ4v) is 2.28. The van der Waals surface area contributed by atoms with Crippen LogP contribution in [0.15, 0.2) is 23.6 Å². The fourth-order valence-electron chi connectivity index (χ4n) is 1.41. The number of hydrogen-bond acceptors (Lipinski definition) is 3. The van der Waals surface area contributed by atoms with E-state index in [1.54, 1.807) is 0 Å². The van der Waals surface area contributed by atoms with E-state index in [9.17, 15) is 9.18 Å². The number of halogens is 2. The van der Waals surface area contributed by atoms with Gasteiger partial charge in [-0.2, -0.15) is 0 Å². The molecule has 1 N–H and O–H groups in total. The molecule has 0 aliphatic carbocycles. The smallest absolute Gasteiger partial charge is 0.254 e. The van der Waals surface area contributed by atoms with Crippen molar-refractivity contribution < 1.29 is 9.18 Å². The van der Waals surface area contributed by atoms with Crippen LogP contribution in [0.5, 0.6) is 0 Å². The van der Waals surface area contributed by atoms with Gasteiger partial charge in [0.1, 0.15) is 10.8 Å². The standard InChI is InChI=1S/C12H10ClFN2OS/c1-7-6-18-11(16-7)5-15-12(17)9-3-2-8(13)4-10(9)14/h2-4,6H,5H2,1H3,(H,15,17).